The van der Waals surface area contributed by atoms with Gasteiger partial charge in [-0.2, -0.15) is 0 Å². The van der Waals surface area contributed by atoms with Crippen molar-refractivity contribution >= 4 is 17.7 Å². The molecule has 3 fully saturated rings. The van der Waals surface area contributed by atoms with Crippen LogP contribution in [0.3, 0.4) is 0 Å². The number of carbonyl (C=O) groups excluding carboxylic acids is 3. The molecule has 3 aliphatic heterocycles. The van der Waals surface area contributed by atoms with Crippen molar-refractivity contribution in [1.82, 2.24) is 4.90 Å². The first-order valence-corrected chi connectivity index (χ1v) is 21.4. The molecule has 0 spiro atoms. The van der Waals surface area contributed by atoms with E-state index in [4.69, 9.17) is 42.6 Å². The molecule has 18 atom stereocenters. The number of carbonyl (C=O) groups is 3. The van der Waals surface area contributed by atoms with Gasteiger partial charge >= 0.3 is 11.9 Å². The van der Waals surface area contributed by atoms with E-state index < -0.39 is 108 Å². The Hall–Kier alpha value is -1.83. The van der Waals surface area contributed by atoms with E-state index in [-0.39, 0.29) is 43.9 Å². The lowest BCUT2D eigenvalue weighted by Crippen LogP contribution is -2.62. The van der Waals surface area contributed by atoms with Gasteiger partial charge in [-0.15, -0.1) is 0 Å². The van der Waals surface area contributed by atoms with E-state index in [1.165, 1.54) is 28.1 Å². The van der Waals surface area contributed by atoms with Gasteiger partial charge in [0.1, 0.15) is 23.1 Å². The Kier molecular flexibility index (Phi) is 18.8. The molecule has 16 nitrogen and oxygen atoms in total. The molecule has 0 aromatic heterocycles. The van der Waals surface area contributed by atoms with Crippen LogP contribution in [0.2, 0.25) is 0 Å². The van der Waals surface area contributed by atoms with E-state index >= 15 is 0 Å². The highest BCUT2D eigenvalue weighted by molar-refractivity contribution is 5.83. The van der Waals surface area contributed by atoms with Crippen molar-refractivity contribution in [3.8, 4) is 0 Å². The van der Waals surface area contributed by atoms with Crippen molar-refractivity contribution < 1.29 is 72.3 Å². The Bertz CT molecular complexity index is 1370. The van der Waals surface area contributed by atoms with Gasteiger partial charge in [0.25, 0.3) is 0 Å². The number of rotatable bonds is 13. The lowest BCUT2D eigenvalue weighted by atomic mass is 9.74. The highest BCUT2D eigenvalue weighted by Gasteiger charge is 2.55. The zero-order valence-electron chi connectivity index (χ0n) is 38.3. The number of aliphatic hydroxyl groups excluding tert-OH is 2. The van der Waals surface area contributed by atoms with Crippen LogP contribution in [0.25, 0.3) is 0 Å². The molecule has 3 saturated heterocycles. The number of ketones is 1. The summed E-state index contributed by atoms with van der Waals surface area (Å²) in [7, 11) is 6.86. The molecule has 3 heterocycles. The summed E-state index contributed by atoms with van der Waals surface area (Å²) in [5, 5.41) is 32.8. The summed E-state index contributed by atoms with van der Waals surface area (Å²) in [6, 6.07) is -0.419. The standard InChI is InChI=1S/C43H77NO15/c1-16-31-43(11,50)36(48)25(4)34(47)23(2)21-41(9,51-14)37(59-40-33(44(12)13)30(20-24(3)54-40)53-19-17-18-45)26(5)35(27(6)39(49)57-31)58-32-22-42(10,52-15)38(28(7)55-32)56-29(8)46/h23-28,30-33,35-38,40,45,48,50H,16-22H2,1-15H3/t23-,24-,25+,26+,27-,28+,30-,31-,32-,33+,35+,36-,37-,38+,40+,41+,42-,43-/m1/s1. The summed E-state index contributed by atoms with van der Waals surface area (Å²) in [5.41, 5.74) is -4.27. The topological polar surface area (TPSA) is 198 Å². The molecule has 3 N–H and O–H groups in total. The minimum Gasteiger partial charge on any atom is -0.459 e. The molecule has 0 aliphatic carbocycles. The van der Waals surface area contributed by atoms with Crippen molar-refractivity contribution in [3.05, 3.63) is 0 Å². The van der Waals surface area contributed by atoms with Crippen molar-refractivity contribution in [2.45, 2.75) is 193 Å². The van der Waals surface area contributed by atoms with Crippen LogP contribution >= 0.6 is 0 Å². The summed E-state index contributed by atoms with van der Waals surface area (Å²) >= 11 is 0. The number of aliphatic hydroxyl groups is 3. The van der Waals surface area contributed by atoms with Crippen LogP contribution in [0.1, 0.15) is 108 Å². The number of esters is 2. The molecule has 0 bridgehead atoms. The molecule has 16 heteroatoms. The summed E-state index contributed by atoms with van der Waals surface area (Å²) in [4.78, 5) is 42.7. The second-order valence-electron chi connectivity index (χ2n) is 18.1. The maximum Gasteiger partial charge on any atom is 0.311 e. The van der Waals surface area contributed by atoms with Crippen LogP contribution in [-0.4, -0.2) is 164 Å². The number of Topliss-reactive ketones (excluding diaryl/α,β-unsaturated/α-hetero) is 1. The van der Waals surface area contributed by atoms with E-state index in [9.17, 15) is 29.7 Å². The maximum atomic E-state index is 14.4. The third kappa shape index (κ3) is 12.0. The normalized spacial score (nSPS) is 44.5. The SMILES string of the molecule is CC[C@H]1OC(=O)[C@H](C)[C@@H](O[C@@H]2C[C@@](C)(OC)[C@@H](OC(C)=O)[C@H](C)O2)[C@H](C)[C@@H](O[C@@H]2O[C@H](C)C[C@@H](OCCCO)[C@@H]2N(C)C)[C@@](C)(OC)C[C@@H](C)C(=O)[C@H](C)[C@@H](O)[C@]1(C)O. The van der Waals surface area contributed by atoms with Gasteiger partial charge in [0.2, 0.25) is 0 Å². The molecule has 0 unspecified atom stereocenters. The van der Waals surface area contributed by atoms with Gasteiger partial charge in [-0.25, -0.2) is 0 Å². The third-order valence-electron chi connectivity index (χ3n) is 13.1. The minimum absolute atomic E-state index is 0.0142. The number of nitrogens with zero attached hydrogens (tertiary/aromatic N) is 1. The Morgan fingerprint density at radius 3 is 2.07 bits per heavy atom. The number of ether oxygens (including phenoxy) is 9. The first kappa shape index (κ1) is 51.5. The minimum atomic E-state index is -1.98. The van der Waals surface area contributed by atoms with Gasteiger partial charge in [0.05, 0.1) is 54.2 Å². The largest absolute Gasteiger partial charge is 0.459 e. The molecule has 59 heavy (non-hydrogen) atoms. The average molecular weight is 848 g/mol. The smallest absolute Gasteiger partial charge is 0.311 e. The van der Waals surface area contributed by atoms with Gasteiger partial charge in [0.15, 0.2) is 18.7 Å². The van der Waals surface area contributed by atoms with Crippen molar-refractivity contribution in [3.63, 3.8) is 0 Å². The van der Waals surface area contributed by atoms with E-state index in [0.29, 0.717) is 19.4 Å². The Labute approximate surface area is 352 Å². The molecular weight excluding hydrogens is 770 g/mol. The predicted molar refractivity (Wildman–Crippen MR) is 216 cm³/mol. The Morgan fingerprint density at radius 2 is 1.53 bits per heavy atom. The highest BCUT2D eigenvalue weighted by atomic mass is 16.7. The van der Waals surface area contributed by atoms with Crippen LogP contribution < -0.4 is 0 Å². The second-order valence-corrected chi connectivity index (χ2v) is 18.1. The summed E-state index contributed by atoms with van der Waals surface area (Å²) in [5.74, 6) is -5.00. The van der Waals surface area contributed by atoms with E-state index in [2.05, 4.69) is 0 Å². The fraction of sp³-hybridized carbons (Fsp3) is 0.930. The van der Waals surface area contributed by atoms with E-state index in [0.717, 1.165) is 0 Å². The molecule has 0 aromatic rings. The molecule has 0 radical (unpaired) electrons. The monoisotopic (exact) mass is 848 g/mol. The quantitative estimate of drug-likeness (QED) is 0.180. The zero-order chi connectivity index (χ0) is 44.8. The van der Waals surface area contributed by atoms with Gasteiger partial charge < -0.3 is 58.0 Å². The number of hydrogen-bond acceptors (Lipinski definition) is 16. The van der Waals surface area contributed by atoms with Gasteiger partial charge in [0, 0.05) is 65.0 Å². The van der Waals surface area contributed by atoms with E-state index in [1.807, 2.05) is 39.8 Å². The van der Waals surface area contributed by atoms with Crippen molar-refractivity contribution in [2.75, 3.05) is 41.5 Å². The zero-order valence-corrected chi connectivity index (χ0v) is 38.3. The first-order chi connectivity index (χ1) is 27.4. The Morgan fingerprint density at radius 1 is 0.915 bits per heavy atom. The molecule has 3 rings (SSSR count). The van der Waals surface area contributed by atoms with Crippen LogP contribution in [-0.2, 0) is 57.0 Å². The summed E-state index contributed by atoms with van der Waals surface area (Å²) in [6.45, 7) is 18.9. The van der Waals surface area contributed by atoms with Gasteiger partial charge in [-0.1, -0.05) is 27.7 Å². The molecular formula is C43H77NO15. The predicted octanol–water partition coefficient (Wildman–Crippen LogP) is 3.42. The number of hydrogen-bond donors (Lipinski definition) is 3. The number of methoxy groups -OCH3 is 2. The number of likely N-dealkylation sites (N-methyl/N-ethyl adjacent to an activating group) is 1. The lowest BCUT2D eigenvalue weighted by Gasteiger charge is -2.50. The molecule has 0 saturated carbocycles. The van der Waals surface area contributed by atoms with Crippen LogP contribution in [0.4, 0.5) is 0 Å². The Balaban J connectivity index is 2.25. The summed E-state index contributed by atoms with van der Waals surface area (Å²) < 4.78 is 57.4. The highest BCUT2D eigenvalue weighted by Crippen LogP contribution is 2.42. The lowest BCUT2D eigenvalue weighted by molar-refractivity contribution is -0.318. The number of cyclic esters (lactones) is 1. The average Bonchev–Trinajstić information content (AvgIpc) is 3.17. The van der Waals surface area contributed by atoms with Gasteiger partial charge in [-0.3, -0.25) is 19.3 Å². The molecule has 0 amide bonds. The maximum absolute atomic E-state index is 14.4. The molecule has 3 aliphatic rings. The van der Waals surface area contributed by atoms with Crippen LogP contribution in [0.5, 0.6) is 0 Å². The van der Waals surface area contributed by atoms with Crippen molar-refractivity contribution in [2.24, 2.45) is 23.7 Å². The first-order valence-electron chi connectivity index (χ1n) is 21.4. The summed E-state index contributed by atoms with van der Waals surface area (Å²) in [6.07, 6.45) is -7.22. The fourth-order valence-corrected chi connectivity index (χ4v) is 9.48. The molecule has 0 aromatic carbocycles. The van der Waals surface area contributed by atoms with Crippen LogP contribution in [0.15, 0.2) is 0 Å². The fourth-order valence-electron chi connectivity index (χ4n) is 9.48. The van der Waals surface area contributed by atoms with Crippen molar-refractivity contribution in [1.29, 1.82) is 0 Å². The third-order valence-corrected chi connectivity index (χ3v) is 13.1. The van der Waals surface area contributed by atoms with Gasteiger partial charge in [-0.05, 0) is 74.9 Å². The molecule has 344 valence electrons. The second kappa shape index (κ2) is 21.5. The van der Waals surface area contributed by atoms with Crippen LogP contribution in [0, 0.1) is 23.7 Å². The van der Waals surface area contributed by atoms with E-state index in [1.54, 1.807) is 41.5 Å².